The molecule has 1 heterocycles. The van der Waals surface area contributed by atoms with Crippen LogP contribution < -0.4 is 4.74 Å². The molecule has 0 saturated carbocycles. The second kappa shape index (κ2) is 6.09. The lowest BCUT2D eigenvalue weighted by Gasteiger charge is -2.17. The van der Waals surface area contributed by atoms with Crippen LogP contribution in [0, 0.1) is 0 Å². The fourth-order valence-electron chi connectivity index (χ4n) is 2.54. The van der Waals surface area contributed by atoms with E-state index in [-0.39, 0.29) is 0 Å². The summed E-state index contributed by atoms with van der Waals surface area (Å²) in [6, 6.07) is 8.21. The zero-order chi connectivity index (χ0) is 13.8. The van der Waals surface area contributed by atoms with Crippen molar-refractivity contribution in [1.29, 1.82) is 0 Å². The molecule has 0 saturated heterocycles. The normalized spacial score (nSPS) is 16.1. The first-order valence-electron chi connectivity index (χ1n) is 6.85. The van der Waals surface area contributed by atoms with Crippen molar-refractivity contribution in [3.63, 3.8) is 0 Å². The molecule has 0 unspecified atom stereocenters. The molecule has 1 aliphatic carbocycles. The van der Waals surface area contributed by atoms with Gasteiger partial charge in [-0.2, -0.15) is 11.3 Å². The lowest BCUT2D eigenvalue weighted by molar-refractivity contribution is 0.316. The number of hydrogen-bond acceptors (Lipinski definition) is 4. The summed E-state index contributed by atoms with van der Waals surface area (Å²) in [6.45, 7) is 0.668. The summed E-state index contributed by atoms with van der Waals surface area (Å²) in [5.74, 6) is 0.849. The second-order valence-corrected chi connectivity index (χ2v) is 5.73. The molecule has 0 spiro atoms. The van der Waals surface area contributed by atoms with E-state index in [1.54, 1.807) is 11.3 Å². The monoisotopic (exact) mass is 287 g/mol. The lowest BCUT2D eigenvalue weighted by atomic mass is 9.90. The minimum atomic E-state index is 0.668. The molecule has 0 atom stereocenters. The predicted octanol–water partition coefficient (Wildman–Crippen LogP) is 3.88. The first-order chi connectivity index (χ1) is 9.86. The van der Waals surface area contributed by atoms with Gasteiger partial charge in [0.2, 0.25) is 0 Å². The molecule has 20 heavy (non-hydrogen) atoms. The third-order valence-electron chi connectivity index (χ3n) is 3.61. The minimum absolute atomic E-state index is 0.668. The van der Waals surface area contributed by atoms with Crippen LogP contribution in [0.5, 0.6) is 5.75 Å². The molecule has 3 rings (SSSR count). The van der Waals surface area contributed by atoms with E-state index in [1.165, 1.54) is 11.1 Å². The summed E-state index contributed by atoms with van der Waals surface area (Å²) >= 11 is 1.71. The van der Waals surface area contributed by atoms with Crippen LogP contribution in [-0.4, -0.2) is 17.5 Å². The van der Waals surface area contributed by atoms with Gasteiger partial charge in [-0.05, 0) is 59.3 Å². The van der Waals surface area contributed by atoms with Crippen LogP contribution in [0.1, 0.15) is 29.5 Å². The zero-order valence-corrected chi connectivity index (χ0v) is 12.0. The van der Waals surface area contributed by atoms with E-state index < -0.39 is 0 Å². The molecule has 1 aromatic carbocycles. The van der Waals surface area contributed by atoms with Gasteiger partial charge >= 0.3 is 0 Å². The number of nitrogens with zero attached hydrogens (tertiary/aromatic N) is 1. The van der Waals surface area contributed by atoms with Gasteiger partial charge in [0.1, 0.15) is 5.75 Å². The maximum atomic E-state index is 9.08. The number of benzene rings is 1. The largest absolute Gasteiger partial charge is 0.493 e. The average molecular weight is 287 g/mol. The van der Waals surface area contributed by atoms with Crippen LogP contribution in [0.4, 0.5) is 0 Å². The van der Waals surface area contributed by atoms with E-state index in [1.807, 2.05) is 12.1 Å². The molecule has 4 heteroatoms. The summed E-state index contributed by atoms with van der Waals surface area (Å²) < 4.78 is 5.81. The second-order valence-electron chi connectivity index (χ2n) is 4.95. The smallest absolute Gasteiger partial charge is 0.119 e. The van der Waals surface area contributed by atoms with Gasteiger partial charge in [0.25, 0.3) is 0 Å². The Labute approximate surface area is 122 Å². The molecule has 0 radical (unpaired) electrons. The van der Waals surface area contributed by atoms with Crippen LogP contribution in [0.25, 0.3) is 0 Å². The van der Waals surface area contributed by atoms with Crippen molar-refractivity contribution in [3.05, 3.63) is 51.7 Å². The molecule has 0 amide bonds. The molecule has 1 aromatic heterocycles. The lowest BCUT2D eigenvalue weighted by Crippen LogP contribution is -2.12. The Balaban J connectivity index is 1.68. The van der Waals surface area contributed by atoms with Crippen LogP contribution in [0.15, 0.2) is 40.2 Å². The van der Waals surface area contributed by atoms with Crippen molar-refractivity contribution in [2.75, 3.05) is 6.61 Å². The van der Waals surface area contributed by atoms with Gasteiger partial charge in [-0.1, -0.05) is 11.2 Å². The third kappa shape index (κ3) is 2.85. The summed E-state index contributed by atoms with van der Waals surface area (Å²) in [5.41, 5.74) is 4.36. The zero-order valence-electron chi connectivity index (χ0n) is 11.2. The average Bonchev–Trinajstić information content (AvgIpc) is 3.00. The van der Waals surface area contributed by atoms with E-state index in [9.17, 15) is 0 Å². The SMILES string of the molecule is O/N=C1/CCCc2ccc(OCCc3ccsc3)cc21. The van der Waals surface area contributed by atoms with Crippen LogP contribution >= 0.6 is 11.3 Å². The van der Waals surface area contributed by atoms with Gasteiger partial charge in [0.15, 0.2) is 0 Å². The van der Waals surface area contributed by atoms with Crippen molar-refractivity contribution in [3.8, 4) is 5.75 Å². The number of oxime groups is 1. The van der Waals surface area contributed by atoms with Crippen LogP contribution in [0.3, 0.4) is 0 Å². The van der Waals surface area contributed by atoms with Crippen molar-refractivity contribution >= 4 is 17.0 Å². The molecular formula is C16H17NO2S. The first-order valence-corrected chi connectivity index (χ1v) is 7.79. The molecule has 0 bridgehead atoms. The Kier molecular flexibility index (Phi) is 4.02. The summed E-state index contributed by atoms with van der Waals surface area (Å²) in [7, 11) is 0. The third-order valence-corrected chi connectivity index (χ3v) is 4.34. The van der Waals surface area contributed by atoms with Crippen molar-refractivity contribution in [2.45, 2.75) is 25.7 Å². The number of fused-ring (bicyclic) bond motifs is 1. The molecule has 0 aliphatic heterocycles. The highest BCUT2D eigenvalue weighted by Gasteiger charge is 2.16. The maximum Gasteiger partial charge on any atom is 0.119 e. The molecule has 1 aliphatic rings. The summed E-state index contributed by atoms with van der Waals surface area (Å²) in [6.07, 6.45) is 3.84. The van der Waals surface area contributed by atoms with E-state index in [2.05, 4.69) is 28.0 Å². The molecule has 1 N–H and O–H groups in total. The molecule has 0 fully saturated rings. The molecule has 104 valence electrons. The Morgan fingerprint density at radius 1 is 1.25 bits per heavy atom. The number of rotatable bonds is 4. The summed E-state index contributed by atoms with van der Waals surface area (Å²) in [5, 5.41) is 16.7. The quantitative estimate of drug-likeness (QED) is 0.685. The van der Waals surface area contributed by atoms with Gasteiger partial charge < -0.3 is 9.94 Å². The van der Waals surface area contributed by atoms with E-state index in [0.29, 0.717) is 6.61 Å². The van der Waals surface area contributed by atoms with E-state index in [0.717, 1.165) is 42.7 Å². The highest BCUT2D eigenvalue weighted by Crippen LogP contribution is 2.26. The Bertz CT molecular complexity index is 605. The minimum Gasteiger partial charge on any atom is -0.493 e. The van der Waals surface area contributed by atoms with E-state index in [4.69, 9.17) is 9.94 Å². The van der Waals surface area contributed by atoms with Crippen molar-refractivity contribution in [2.24, 2.45) is 5.16 Å². The predicted molar refractivity (Wildman–Crippen MR) is 81.2 cm³/mol. The number of aryl methyl sites for hydroxylation is 1. The standard InChI is InChI=1S/C16H17NO2S/c18-17-16-3-1-2-13-4-5-14(10-15(13)16)19-8-6-12-7-9-20-11-12/h4-5,7,9-11,18H,1-3,6,8H2/b17-16-. The van der Waals surface area contributed by atoms with Gasteiger partial charge in [0, 0.05) is 12.0 Å². The van der Waals surface area contributed by atoms with Crippen LogP contribution in [-0.2, 0) is 12.8 Å². The fraction of sp³-hybridized carbons (Fsp3) is 0.312. The van der Waals surface area contributed by atoms with Gasteiger partial charge in [-0.3, -0.25) is 0 Å². The van der Waals surface area contributed by atoms with Gasteiger partial charge in [-0.15, -0.1) is 0 Å². The Morgan fingerprint density at radius 3 is 3.00 bits per heavy atom. The van der Waals surface area contributed by atoms with Gasteiger partial charge in [0.05, 0.1) is 12.3 Å². The topological polar surface area (TPSA) is 41.8 Å². The maximum absolute atomic E-state index is 9.08. The van der Waals surface area contributed by atoms with Crippen molar-refractivity contribution in [1.82, 2.24) is 0 Å². The molecular weight excluding hydrogens is 270 g/mol. The first kappa shape index (κ1) is 13.2. The number of hydrogen-bond donors (Lipinski definition) is 1. The number of thiophene rings is 1. The molecule has 2 aromatic rings. The molecule has 3 nitrogen and oxygen atoms in total. The van der Waals surface area contributed by atoms with Crippen molar-refractivity contribution < 1.29 is 9.94 Å². The summed E-state index contributed by atoms with van der Waals surface area (Å²) in [4.78, 5) is 0. The highest BCUT2D eigenvalue weighted by molar-refractivity contribution is 7.07. The highest BCUT2D eigenvalue weighted by atomic mass is 32.1. The van der Waals surface area contributed by atoms with E-state index >= 15 is 0 Å². The fourth-order valence-corrected chi connectivity index (χ4v) is 3.24. The van der Waals surface area contributed by atoms with Gasteiger partial charge in [-0.25, -0.2) is 0 Å². The number of ether oxygens (including phenoxy) is 1. The Morgan fingerprint density at radius 2 is 2.20 bits per heavy atom. The van der Waals surface area contributed by atoms with Crippen LogP contribution in [0.2, 0.25) is 0 Å². The Hall–Kier alpha value is -1.81.